The van der Waals surface area contributed by atoms with Crippen LogP contribution in [0.1, 0.15) is 46.7 Å². The quantitative estimate of drug-likeness (QED) is 0.585. The van der Waals surface area contributed by atoms with Gasteiger partial charge in [-0.05, 0) is 42.7 Å². The van der Waals surface area contributed by atoms with E-state index in [0.717, 1.165) is 21.9 Å². The van der Waals surface area contributed by atoms with Crippen LogP contribution in [0.5, 0.6) is 0 Å². The molecule has 20 heavy (non-hydrogen) atoms. The molecule has 1 nitrogen and oxygen atoms in total. The number of rotatable bonds is 4. The first-order valence-corrected chi connectivity index (χ1v) is 8.30. The second kappa shape index (κ2) is 5.84. The van der Waals surface area contributed by atoms with Crippen molar-refractivity contribution in [2.45, 2.75) is 30.1 Å². The van der Waals surface area contributed by atoms with Crippen LogP contribution in [0.2, 0.25) is 0 Å². The summed E-state index contributed by atoms with van der Waals surface area (Å²) in [6.45, 7) is 0. The van der Waals surface area contributed by atoms with Gasteiger partial charge in [-0.2, -0.15) is 0 Å². The molecule has 2 heteroatoms. The van der Waals surface area contributed by atoms with Crippen LogP contribution < -0.4 is 0 Å². The molecule has 0 radical (unpaired) electrons. The van der Waals surface area contributed by atoms with E-state index in [4.69, 9.17) is 0 Å². The number of hydrogen-bond donors (Lipinski definition) is 0. The van der Waals surface area contributed by atoms with Gasteiger partial charge in [-0.3, -0.25) is 4.79 Å². The van der Waals surface area contributed by atoms with Gasteiger partial charge in [0.25, 0.3) is 0 Å². The maximum atomic E-state index is 12.6. The summed E-state index contributed by atoms with van der Waals surface area (Å²) in [6.07, 6.45) is 5.93. The molecule has 0 aromatic heterocycles. The third-order valence-electron chi connectivity index (χ3n) is 4.10. The van der Waals surface area contributed by atoms with E-state index in [1.165, 1.54) is 24.8 Å². The minimum atomic E-state index is 0.120. The van der Waals surface area contributed by atoms with Crippen LogP contribution >= 0.6 is 11.8 Å². The lowest BCUT2D eigenvalue weighted by atomic mass is 9.80. The van der Waals surface area contributed by atoms with E-state index in [9.17, 15) is 4.79 Å². The Balaban J connectivity index is 1.86. The number of benzene rings is 2. The zero-order chi connectivity index (χ0) is 13.9. The molecule has 1 saturated carbocycles. The first-order chi connectivity index (χ1) is 9.79. The second-order valence-corrected chi connectivity index (χ2v) is 6.13. The number of carbonyl (C=O) groups excluding carboxylic acids is 1. The van der Waals surface area contributed by atoms with E-state index in [-0.39, 0.29) is 5.78 Å². The molecule has 2 aromatic carbocycles. The van der Waals surface area contributed by atoms with E-state index < -0.39 is 0 Å². The highest BCUT2D eigenvalue weighted by Gasteiger charge is 2.20. The standard InChI is InChI=1S/C18H18OS/c1-20-17-8-3-2-7-16(17)18(19)15-11-9-14(10-12-15)13-5-4-6-13/h2-3,7-13H,4-6H2,1H3. The molecular weight excluding hydrogens is 264 g/mol. The number of ketones is 1. The van der Waals surface area contributed by atoms with E-state index >= 15 is 0 Å². The SMILES string of the molecule is CSc1ccccc1C(=O)c1ccc(C2CCC2)cc1. The Morgan fingerprint density at radius 1 is 1.05 bits per heavy atom. The summed E-state index contributed by atoms with van der Waals surface area (Å²) in [7, 11) is 0. The van der Waals surface area contributed by atoms with Crippen LogP contribution in [-0.2, 0) is 0 Å². The lowest BCUT2D eigenvalue weighted by Gasteiger charge is -2.25. The van der Waals surface area contributed by atoms with Gasteiger partial charge in [-0.1, -0.05) is 42.8 Å². The number of thioether (sulfide) groups is 1. The molecule has 0 atom stereocenters. The fourth-order valence-corrected chi connectivity index (χ4v) is 3.23. The van der Waals surface area contributed by atoms with Crippen molar-refractivity contribution >= 4 is 17.5 Å². The fraction of sp³-hybridized carbons (Fsp3) is 0.278. The van der Waals surface area contributed by atoms with Crippen molar-refractivity contribution in [1.82, 2.24) is 0 Å². The van der Waals surface area contributed by atoms with E-state index in [1.807, 2.05) is 42.7 Å². The molecule has 0 amide bonds. The van der Waals surface area contributed by atoms with Crippen LogP contribution in [-0.4, -0.2) is 12.0 Å². The van der Waals surface area contributed by atoms with E-state index in [0.29, 0.717) is 0 Å². The van der Waals surface area contributed by atoms with Crippen molar-refractivity contribution in [3.8, 4) is 0 Å². The Morgan fingerprint density at radius 3 is 2.35 bits per heavy atom. The van der Waals surface area contributed by atoms with Gasteiger partial charge in [0.15, 0.2) is 5.78 Å². The predicted molar refractivity (Wildman–Crippen MR) is 84.7 cm³/mol. The third-order valence-corrected chi connectivity index (χ3v) is 4.90. The van der Waals surface area contributed by atoms with Crippen molar-refractivity contribution in [1.29, 1.82) is 0 Å². The molecule has 2 aromatic rings. The Bertz CT molecular complexity index is 612. The molecule has 0 spiro atoms. The zero-order valence-electron chi connectivity index (χ0n) is 11.6. The Hall–Kier alpha value is -1.54. The van der Waals surface area contributed by atoms with Crippen LogP contribution in [0.25, 0.3) is 0 Å². The number of hydrogen-bond acceptors (Lipinski definition) is 2. The Kier molecular flexibility index (Phi) is 3.93. The van der Waals surface area contributed by atoms with Gasteiger partial charge in [0.2, 0.25) is 0 Å². The highest BCUT2D eigenvalue weighted by atomic mass is 32.2. The van der Waals surface area contributed by atoms with Crippen molar-refractivity contribution in [3.63, 3.8) is 0 Å². The van der Waals surface area contributed by atoms with Crippen molar-refractivity contribution in [3.05, 3.63) is 65.2 Å². The average molecular weight is 282 g/mol. The smallest absolute Gasteiger partial charge is 0.194 e. The largest absolute Gasteiger partial charge is 0.289 e. The molecule has 0 bridgehead atoms. The van der Waals surface area contributed by atoms with Gasteiger partial charge in [0, 0.05) is 16.0 Å². The highest BCUT2D eigenvalue weighted by molar-refractivity contribution is 7.98. The highest BCUT2D eigenvalue weighted by Crippen LogP contribution is 2.36. The van der Waals surface area contributed by atoms with Gasteiger partial charge in [0.1, 0.15) is 0 Å². The maximum Gasteiger partial charge on any atom is 0.194 e. The predicted octanol–water partition coefficient (Wildman–Crippen LogP) is 4.91. The van der Waals surface area contributed by atoms with Crippen LogP contribution in [0, 0.1) is 0 Å². The monoisotopic (exact) mass is 282 g/mol. The summed E-state index contributed by atoms with van der Waals surface area (Å²) in [4.78, 5) is 13.6. The lowest BCUT2D eigenvalue weighted by Crippen LogP contribution is -2.09. The summed E-state index contributed by atoms with van der Waals surface area (Å²) >= 11 is 1.62. The fourth-order valence-electron chi connectivity index (χ4n) is 2.64. The van der Waals surface area contributed by atoms with Crippen LogP contribution in [0.15, 0.2) is 53.4 Å². The summed E-state index contributed by atoms with van der Waals surface area (Å²) in [5.74, 6) is 0.841. The Morgan fingerprint density at radius 2 is 1.75 bits per heavy atom. The van der Waals surface area contributed by atoms with E-state index in [2.05, 4.69) is 12.1 Å². The van der Waals surface area contributed by atoms with Gasteiger partial charge < -0.3 is 0 Å². The van der Waals surface area contributed by atoms with Gasteiger partial charge in [0.05, 0.1) is 0 Å². The molecule has 1 fully saturated rings. The minimum absolute atomic E-state index is 0.120. The van der Waals surface area contributed by atoms with Gasteiger partial charge >= 0.3 is 0 Å². The van der Waals surface area contributed by atoms with E-state index in [1.54, 1.807) is 11.8 Å². The minimum Gasteiger partial charge on any atom is -0.289 e. The molecule has 0 heterocycles. The first-order valence-electron chi connectivity index (χ1n) is 7.07. The molecule has 0 N–H and O–H groups in total. The molecule has 1 aliphatic carbocycles. The molecule has 1 aliphatic rings. The number of carbonyl (C=O) groups is 1. The maximum absolute atomic E-state index is 12.6. The Labute approximate surface area is 124 Å². The van der Waals surface area contributed by atoms with Gasteiger partial charge in [-0.25, -0.2) is 0 Å². The topological polar surface area (TPSA) is 17.1 Å². The second-order valence-electron chi connectivity index (χ2n) is 5.28. The molecule has 102 valence electrons. The summed E-state index contributed by atoms with van der Waals surface area (Å²) in [5.41, 5.74) is 2.97. The van der Waals surface area contributed by atoms with Crippen LogP contribution in [0.4, 0.5) is 0 Å². The lowest BCUT2D eigenvalue weighted by molar-refractivity contribution is 0.103. The summed E-state index contributed by atoms with van der Waals surface area (Å²) < 4.78 is 0. The molecule has 0 aliphatic heterocycles. The van der Waals surface area contributed by atoms with Crippen molar-refractivity contribution < 1.29 is 4.79 Å². The molecule has 0 unspecified atom stereocenters. The first kappa shape index (κ1) is 13.4. The molecule has 3 rings (SSSR count). The zero-order valence-corrected chi connectivity index (χ0v) is 12.5. The van der Waals surface area contributed by atoms with Gasteiger partial charge in [-0.15, -0.1) is 11.8 Å². The van der Waals surface area contributed by atoms with Crippen molar-refractivity contribution in [2.75, 3.05) is 6.26 Å². The average Bonchev–Trinajstić information content (AvgIpc) is 2.45. The van der Waals surface area contributed by atoms with Crippen molar-refractivity contribution in [2.24, 2.45) is 0 Å². The normalized spacial score (nSPS) is 14.8. The molecular formula is C18H18OS. The summed E-state index contributed by atoms with van der Waals surface area (Å²) in [6, 6.07) is 16.0. The van der Waals surface area contributed by atoms with Crippen LogP contribution in [0.3, 0.4) is 0 Å². The molecule has 0 saturated heterocycles. The third kappa shape index (κ3) is 2.53. The summed E-state index contributed by atoms with van der Waals surface area (Å²) in [5, 5.41) is 0.